The van der Waals surface area contributed by atoms with Gasteiger partial charge in [-0.25, -0.2) is 4.98 Å². The molecule has 2 saturated carbocycles. The number of nitrogens with zero attached hydrogens (tertiary/aromatic N) is 3. The summed E-state index contributed by atoms with van der Waals surface area (Å²) in [6.45, 7) is 1.77. The second-order valence-corrected chi connectivity index (χ2v) is 13.7. The Bertz CT molecular complexity index is 2030. The molecule has 1 aliphatic heterocycles. The lowest BCUT2D eigenvalue weighted by Crippen LogP contribution is -2.44. The third-order valence-corrected chi connectivity index (χ3v) is 10.4. The summed E-state index contributed by atoms with van der Waals surface area (Å²) in [4.78, 5) is 31.3. The molecule has 1 unspecified atom stereocenters. The van der Waals surface area contributed by atoms with Gasteiger partial charge in [-0.1, -0.05) is 6.07 Å². The smallest absolute Gasteiger partial charge is 0.251 e. The van der Waals surface area contributed by atoms with E-state index in [4.69, 9.17) is 20.2 Å². The molecule has 45 heavy (non-hydrogen) atoms. The van der Waals surface area contributed by atoms with E-state index in [0.29, 0.717) is 45.6 Å². The Kier molecular flexibility index (Phi) is 6.24. The van der Waals surface area contributed by atoms with Crippen molar-refractivity contribution in [1.82, 2.24) is 20.1 Å². The van der Waals surface area contributed by atoms with Crippen molar-refractivity contribution in [2.45, 2.75) is 49.7 Å². The number of hydrogen-bond donors (Lipinski definition) is 3. The van der Waals surface area contributed by atoms with E-state index < -0.39 is 16.9 Å². The van der Waals surface area contributed by atoms with Crippen LogP contribution in [0.1, 0.15) is 60.3 Å². The predicted octanol–water partition coefficient (Wildman–Crippen LogP) is 4.82. The highest BCUT2D eigenvalue weighted by Gasteiger charge is 2.50. The number of nitrogens with one attached hydrogen (secondary N) is 1. The Hall–Kier alpha value is -4.48. The lowest BCUT2D eigenvalue weighted by atomic mass is 9.81. The number of methoxy groups -OCH3 is 1. The van der Waals surface area contributed by atoms with Gasteiger partial charge in [0, 0.05) is 33.0 Å². The predicted molar refractivity (Wildman–Crippen MR) is 171 cm³/mol. The van der Waals surface area contributed by atoms with Gasteiger partial charge in [0.25, 0.3) is 5.91 Å². The number of aromatic nitrogens is 3. The average molecular weight is 624 g/mol. The minimum atomic E-state index is -1.49. The van der Waals surface area contributed by atoms with E-state index in [0.717, 1.165) is 46.7 Å². The van der Waals surface area contributed by atoms with Crippen LogP contribution >= 0.6 is 11.3 Å². The Morgan fingerprint density at radius 2 is 2.00 bits per heavy atom. The van der Waals surface area contributed by atoms with E-state index in [1.165, 1.54) is 0 Å². The molecule has 0 bridgehead atoms. The SMILES string of the molecule is COc1cc(C(=O)NCC(O)(c2cc3c(c(-c4ccc5sccc5c4)n2)OC[C@]3(C)C(N)=O)C2CC2)cc2cn(C3CC3)nc12. The van der Waals surface area contributed by atoms with Gasteiger partial charge in [0.1, 0.15) is 40.3 Å². The number of carbonyl (C=O) groups is 2. The molecule has 3 aromatic heterocycles. The van der Waals surface area contributed by atoms with Gasteiger partial charge in [0.05, 0.1) is 25.4 Å². The Labute approximate surface area is 263 Å². The number of benzene rings is 2. The molecule has 11 heteroatoms. The zero-order valence-electron chi connectivity index (χ0n) is 25.0. The topological polar surface area (TPSA) is 142 Å². The first kappa shape index (κ1) is 28.0. The van der Waals surface area contributed by atoms with E-state index in [1.54, 1.807) is 43.6 Å². The molecule has 230 valence electrons. The van der Waals surface area contributed by atoms with Crippen LogP contribution in [-0.4, -0.2) is 51.9 Å². The number of fused-ring (bicyclic) bond motifs is 3. The van der Waals surface area contributed by atoms with Crippen molar-refractivity contribution in [1.29, 1.82) is 0 Å². The molecule has 4 N–H and O–H groups in total. The lowest BCUT2D eigenvalue weighted by Gasteiger charge is -2.30. The molecule has 4 heterocycles. The molecule has 3 aliphatic rings. The largest absolute Gasteiger partial charge is 0.494 e. The summed E-state index contributed by atoms with van der Waals surface area (Å²) >= 11 is 1.65. The molecule has 2 amide bonds. The number of rotatable bonds is 9. The molecule has 2 aromatic carbocycles. The van der Waals surface area contributed by atoms with E-state index >= 15 is 0 Å². The Morgan fingerprint density at radius 1 is 1.18 bits per heavy atom. The number of primary amides is 1. The van der Waals surface area contributed by atoms with E-state index in [2.05, 4.69) is 10.4 Å². The summed E-state index contributed by atoms with van der Waals surface area (Å²) in [5.74, 6) is 0.0292. The summed E-state index contributed by atoms with van der Waals surface area (Å²) in [7, 11) is 1.56. The van der Waals surface area contributed by atoms with Gasteiger partial charge in [-0.05, 0) is 85.7 Å². The summed E-state index contributed by atoms with van der Waals surface area (Å²) in [6.07, 6.45) is 5.70. The fraction of sp³-hybridized carbons (Fsp3) is 0.353. The van der Waals surface area contributed by atoms with Crippen LogP contribution in [0, 0.1) is 5.92 Å². The molecule has 2 aliphatic carbocycles. The van der Waals surface area contributed by atoms with Crippen LogP contribution in [0.2, 0.25) is 0 Å². The second kappa shape index (κ2) is 10.0. The van der Waals surface area contributed by atoms with Crippen molar-refractivity contribution < 1.29 is 24.2 Å². The van der Waals surface area contributed by atoms with Crippen molar-refractivity contribution >= 4 is 44.1 Å². The molecule has 0 saturated heterocycles. The molecule has 5 aromatic rings. The number of aliphatic hydroxyl groups is 1. The summed E-state index contributed by atoms with van der Waals surface area (Å²) in [5.41, 5.74) is 6.75. The maximum Gasteiger partial charge on any atom is 0.251 e. The number of nitrogens with two attached hydrogens (primary N) is 1. The monoisotopic (exact) mass is 623 g/mol. The van der Waals surface area contributed by atoms with Crippen LogP contribution in [0.25, 0.3) is 32.2 Å². The third-order valence-electron chi connectivity index (χ3n) is 9.55. The number of thiophene rings is 1. The highest BCUT2D eigenvalue weighted by Crippen LogP contribution is 2.50. The maximum atomic E-state index is 13.6. The molecular formula is C34H33N5O5S. The molecular weight excluding hydrogens is 590 g/mol. The van der Waals surface area contributed by atoms with Crippen molar-refractivity contribution in [3.8, 4) is 22.8 Å². The third kappa shape index (κ3) is 4.55. The highest BCUT2D eigenvalue weighted by molar-refractivity contribution is 7.17. The molecule has 10 nitrogen and oxygen atoms in total. The quantitative estimate of drug-likeness (QED) is 0.214. The normalized spacial score (nSPS) is 20.5. The average Bonchev–Trinajstić information content (AvgIpc) is 3.96. The summed E-state index contributed by atoms with van der Waals surface area (Å²) in [6, 6.07) is 13.7. The van der Waals surface area contributed by atoms with E-state index in [9.17, 15) is 14.7 Å². The standard InChI is InChI=1S/C34H33N5O5S/c1-33(32(35)41)17-44-30-24(33)14-27(37-29(30)19-3-8-26-18(11-19)9-10-45-26)34(42,22-4-5-22)16-36-31(40)20-12-21-15-39(23-6-7-23)38-28(21)25(13-20)43-2/h3,8-15,22-23,42H,4-7,16-17H2,1-2H3,(H2,35,41)(H,36,40)/t33-,34?/m0/s1. The zero-order chi connectivity index (χ0) is 31.1. The van der Waals surface area contributed by atoms with Crippen molar-refractivity contribution in [3.05, 3.63) is 70.9 Å². The van der Waals surface area contributed by atoms with Crippen LogP contribution in [0.4, 0.5) is 0 Å². The van der Waals surface area contributed by atoms with Gasteiger partial charge < -0.3 is 25.6 Å². The molecule has 2 atom stereocenters. The maximum absolute atomic E-state index is 13.6. The van der Waals surface area contributed by atoms with Gasteiger partial charge in [-0.15, -0.1) is 11.3 Å². The fourth-order valence-electron chi connectivity index (χ4n) is 6.38. The molecule has 0 radical (unpaired) electrons. The van der Waals surface area contributed by atoms with Crippen LogP contribution in [-0.2, 0) is 15.8 Å². The van der Waals surface area contributed by atoms with Crippen molar-refractivity contribution in [3.63, 3.8) is 0 Å². The molecule has 2 fully saturated rings. The van der Waals surface area contributed by atoms with Crippen LogP contribution in [0.5, 0.6) is 11.5 Å². The number of pyridine rings is 1. The minimum absolute atomic E-state index is 0.0683. The number of amides is 2. The first-order chi connectivity index (χ1) is 21.7. The Morgan fingerprint density at radius 3 is 2.73 bits per heavy atom. The first-order valence-corrected chi connectivity index (χ1v) is 16.1. The van der Waals surface area contributed by atoms with Gasteiger partial charge in [-0.3, -0.25) is 14.3 Å². The van der Waals surface area contributed by atoms with Gasteiger partial charge in [0.15, 0.2) is 0 Å². The van der Waals surface area contributed by atoms with Crippen LogP contribution in [0.3, 0.4) is 0 Å². The first-order valence-electron chi connectivity index (χ1n) is 15.2. The lowest BCUT2D eigenvalue weighted by molar-refractivity contribution is -0.123. The van der Waals surface area contributed by atoms with Crippen LogP contribution < -0.4 is 20.5 Å². The number of ether oxygens (including phenoxy) is 2. The highest BCUT2D eigenvalue weighted by atomic mass is 32.1. The fourth-order valence-corrected chi connectivity index (χ4v) is 7.15. The summed E-state index contributed by atoms with van der Waals surface area (Å²) in [5, 5.41) is 23.9. The molecule has 0 spiro atoms. The zero-order valence-corrected chi connectivity index (χ0v) is 25.8. The Balaban J connectivity index is 1.17. The number of hydrogen-bond acceptors (Lipinski definition) is 8. The number of carbonyl (C=O) groups excluding carboxylic acids is 2. The van der Waals surface area contributed by atoms with Crippen molar-refractivity contribution in [2.24, 2.45) is 11.7 Å². The van der Waals surface area contributed by atoms with Gasteiger partial charge >= 0.3 is 0 Å². The van der Waals surface area contributed by atoms with Crippen molar-refractivity contribution in [2.75, 3.05) is 20.3 Å². The van der Waals surface area contributed by atoms with Gasteiger partial charge in [0.2, 0.25) is 5.91 Å². The minimum Gasteiger partial charge on any atom is -0.494 e. The second-order valence-electron chi connectivity index (χ2n) is 12.7. The van der Waals surface area contributed by atoms with E-state index in [1.807, 2.05) is 40.5 Å². The van der Waals surface area contributed by atoms with Crippen LogP contribution in [0.15, 0.2) is 54.0 Å². The van der Waals surface area contributed by atoms with Gasteiger partial charge in [-0.2, -0.15) is 5.10 Å². The summed E-state index contributed by atoms with van der Waals surface area (Å²) < 4.78 is 14.8. The molecule has 8 rings (SSSR count). The van der Waals surface area contributed by atoms with E-state index in [-0.39, 0.29) is 25.0 Å².